The molecule has 0 atom stereocenters. The van der Waals surface area contributed by atoms with Crippen molar-refractivity contribution in [2.45, 2.75) is 123 Å². The third kappa shape index (κ3) is 14.0. The second-order valence-corrected chi connectivity index (χ2v) is 13.4. The van der Waals surface area contributed by atoms with E-state index in [4.69, 9.17) is 4.74 Å². The van der Waals surface area contributed by atoms with Crippen LogP contribution in [0.3, 0.4) is 0 Å². The van der Waals surface area contributed by atoms with Crippen LogP contribution in [0.5, 0.6) is 5.75 Å². The molecule has 1 heterocycles. The van der Waals surface area contributed by atoms with Gasteiger partial charge < -0.3 is 15.0 Å². The Hall–Kier alpha value is -1.92. The molecule has 1 amide bonds. The van der Waals surface area contributed by atoms with E-state index in [0.29, 0.717) is 6.42 Å². The summed E-state index contributed by atoms with van der Waals surface area (Å²) in [6.07, 6.45) is 18.5. The van der Waals surface area contributed by atoms with Crippen LogP contribution < -0.4 is 10.1 Å². The highest BCUT2D eigenvalue weighted by atomic mass is 79.9. The van der Waals surface area contributed by atoms with Crippen molar-refractivity contribution < 1.29 is 9.53 Å². The third-order valence-corrected chi connectivity index (χ3v) is 8.50. The molecule has 0 saturated carbocycles. The zero-order valence-corrected chi connectivity index (χ0v) is 29.1. The Balaban J connectivity index is 0.00000616. The van der Waals surface area contributed by atoms with E-state index in [-0.39, 0.29) is 28.3 Å². The van der Waals surface area contributed by atoms with E-state index >= 15 is 0 Å². The van der Waals surface area contributed by atoms with Crippen molar-refractivity contribution >= 4 is 40.3 Å². The van der Waals surface area contributed by atoms with Gasteiger partial charge in [0.1, 0.15) is 5.75 Å². The molecule has 4 nitrogen and oxygen atoms in total. The molecule has 0 fully saturated rings. The molecule has 234 valence electrons. The number of carbonyl (C=O) groups is 1. The standard InChI is InChI=1S/C36H54N2O2S.BrH/c1-5-6-7-8-9-10-11-12-13-14-15-16-24-40-34-26-31(19-22-33(34)36(2,3)4)27-35(39)37-32-20-17-30(18-21-32)28-38-23-25-41-29-38;/h17-23,25-26H,5-16,24,27-29H2,1-4H3,(H,37,39);1H. The predicted molar refractivity (Wildman–Crippen MR) is 188 cm³/mol. The minimum atomic E-state index is -0.0159. The number of hydrogen-bond donors (Lipinski definition) is 1. The van der Waals surface area contributed by atoms with Gasteiger partial charge in [-0.2, -0.15) is 0 Å². The van der Waals surface area contributed by atoms with Gasteiger partial charge in [0, 0.05) is 18.4 Å². The molecule has 3 rings (SSSR count). The topological polar surface area (TPSA) is 41.6 Å². The van der Waals surface area contributed by atoms with E-state index < -0.39 is 0 Å². The Morgan fingerprint density at radius 1 is 0.857 bits per heavy atom. The van der Waals surface area contributed by atoms with Crippen molar-refractivity contribution in [3.63, 3.8) is 0 Å². The molecule has 0 saturated heterocycles. The summed E-state index contributed by atoms with van der Waals surface area (Å²) in [6, 6.07) is 14.4. The molecule has 42 heavy (non-hydrogen) atoms. The fraction of sp³-hybridized carbons (Fsp3) is 0.583. The summed E-state index contributed by atoms with van der Waals surface area (Å²) in [6.45, 7) is 10.5. The molecule has 0 unspecified atom stereocenters. The smallest absolute Gasteiger partial charge is 0.228 e. The number of unbranched alkanes of at least 4 members (excludes halogenated alkanes) is 11. The van der Waals surface area contributed by atoms with Gasteiger partial charge in [-0.1, -0.05) is 123 Å². The molecule has 1 aliphatic rings. The second-order valence-electron chi connectivity index (χ2n) is 12.6. The minimum absolute atomic E-state index is 0. The maximum absolute atomic E-state index is 12.9. The molecule has 0 aliphatic carbocycles. The van der Waals surface area contributed by atoms with Crippen molar-refractivity contribution in [1.82, 2.24) is 4.90 Å². The molecule has 6 heteroatoms. The molecule has 0 bridgehead atoms. The number of hydrogen-bond acceptors (Lipinski definition) is 4. The van der Waals surface area contributed by atoms with Gasteiger partial charge in [-0.15, -0.1) is 28.7 Å². The van der Waals surface area contributed by atoms with Crippen molar-refractivity contribution in [2.24, 2.45) is 0 Å². The van der Waals surface area contributed by atoms with Gasteiger partial charge in [-0.3, -0.25) is 4.79 Å². The number of carbonyl (C=O) groups excluding carboxylic acids is 1. The summed E-state index contributed by atoms with van der Waals surface area (Å²) >= 11 is 1.81. The molecular formula is C36H55BrN2O2S. The van der Waals surface area contributed by atoms with Crippen LogP contribution in [0.2, 0.25) is 0 Å². The molecule has 2 aromatic rings. The number of amides is 1. The second kappa shape index (κ2) is 20.1. The van der Waals surface area contributed by atoms with Crippen LogP contribution in [0, 0.1) is 0 Å². The lowest BCUT2D eigenvalue weighted by Crippen LogP contribution is -2.17. The zero-order chi connectivity index (χ0) is 29.3. The van der Waals surface area contributed by atoms with Crippen LogP contribution in [-0.2, 0) is 23.2 Å². The number of ether oxygens (including phenoxy) is 1. The van der Waals surface area contributed by atoms with Gasteiger partial charge in [0.25, 0.3) is 0 Å². The van der Waals surface area contributed by atoms with Crippen molar-refractivity contribution in [2.75, 3.05) is 17.8 Å². The Morgan fingerprint density at radius 3 is 2.02 bits per heavy atom. The van der Waals surface area contributed by atoms with Gasteiger partial charge in [0.2, 0.25) is 5.91 Å². The van der Waals surface area contributed by atoms with E-state index in [2.05, 4.69) is 79.9 Å². The highest BCUT2D eigenvalue weighted by Gasteiger charge is 2.20. The summed E-state index contributed by atoms with van der Waals surface area (Å²) in [7, 11) is 0. The van der Waals surface area contributed by atoms with Crippen molar-refractivity contribution in [3.8, 4) is 5.75 Å². The summed E-state index contributed by atoms with van der Waals surface area (Å²) < 4.78 is 6.32. The van der Waals surface area contributed by atoms with Gasteiger partial charge >= 0.3 is 0 Å². The zero-order valence-electron chi connectivity index (χ0n) is 26.6. The molecule has 0 radical (unpaired) electrons. The quantitative estimate of drug-likeness (QED) is 0.152. The molecule has 2 aromatic carbocycles. The lowest BCUT2D eigenvalue weighted by atomic mass is 9.85. The van der Waals surface area contributed by atoms with E-state index in [1.807, 2.05) is 23.9 Å². The largest absolute Gasteiger partial charge is 0.493 e. The Morgan fingerprint density at radius 2 is 1.45 bits per heavy atom. The highest BCUT2D eigenvalue weighted by Crippen LogP contribution is 2.32. The predicted octanol–water partition coefficient (Wildman–Crippen LogP) is 10.8. The average molecular weight is 660 g/mol. The fourth-order valence-electron chi connectivity index (χ4n) is 5.27. The number of nitrogens with zero attached hydrogens (tertiary/aromatic N) is 1. The Labute approximate surface area is 271 Å². The Kier molecular flexibility index (Phi) is 17.4. The summed E-state index contributed by atoms with van der Waals surface area (Å²) in [5.41, 5.74) is 4.23. The maximum atomic E-state index is 12.9. The van der Waals surface area contributed by atoms with Gasteiger partial charge in [0.15, 0.2) is 0 Å². The van der Waals surface area contributed by atoms with E-state index in [1.54, 1.807) is 0 Å². The van der Waals surface area contributed by atoms with Gasteiger partial charge in [-0.25, -0.2) is 0 Å². The number of halogens is 1. The van der Waals surface area contributed by atoms with Crippen molar-refractivity contribution in [1.29, 1.82) is 0 Å². The van der Waals surface area contributed by atoms with E-state index in [9.17, 15) is 4.79 Å². The van der Waals surface area contributed by atoms with E-state index in [0.717, 1.165) is 42.4 Å². The third-order valence-electron chi connectivity index (χ3n) is 7.71. The monoisotopic (exact) mass is 658 g/mol. The van der Waals surface area contributed by atoms with Crippen LogP contribution in [-0.4, -0.2) is 23.3 Å². The van der Waals surface area contributed by atoms with Crippen LogP contribution >= 0.6 is 28.7 Å². The summed E-state index contributed by atoms with van der Waals surface area (Å²) in [4.78, 5) is 15.1. The summed E-state index contributed by atoms with van der Waals surface area (Å²) in [5, 5.41) is 5.18. The maximum Gasteiger partial charge on any atom is 0.228 e. The fourth-order valence-corrected chi connectivity index (χ4v) is 5.98. The first kappa shape index (κ1) is 36.3. The minimum Gasteiger partial charge on any atom is -0.493 e. The van der Waals surface area contributed by atoms with Crippen LogP contribution in [0.4, 0.5) is 5.69 Å². The average Bonchev–Trinajstić information content (AvgIpc) is 3.45. The lowest BCUT2D eigenvalue weighted by molar-refractivity contribution is -0.115. The first-order valence-corrected chi connectivity index (χ1v) is 17.1. The number of rotatable bonds is 19. The SMILES string of the molecule is Br.CCCCCCCCCCCCCCOc1cc(CC(=O)Nc2ccc(CN3C=CSC3)cc2)ccc1C(C)(C)C. The summed E-state index contributed by atoms with van der Waals surface area (Å²) in [5.74, 6) is 1.91. The molecule has 1 aliphatic heterocycles. The first-order chi connectivity index (χ1) is 19.8. The number of benzene rings is 2. The van der Waals surface area contributed by atoms with Crippen LogP contribution in [0.1, 0.15) is 121 Å². The van der Waals surface area contributed by atoms with E-state index in [1.165, 1.54) is 81.8 Å². The van der Waals surface area contributed by atoms with Gasteiger partial charge in [0.05, 0.1) is 18.9 Å². The van der Waals surface area contributed by atoms with Crippen molar-refractivity contribution in [3.05, 3.63) is 70.8 Å². The first-order valence-electron chi connectivity index (χ1n) is 16.0. The molecular weight excluding hydrogens is 604 g/mol. The lowest BCUT2D eigenvalue weighted by Gasteiger charge is -2.23. The van der Waals surface area contributed by atoms with Gasteiger partial charge in [-0.05, 0) is 52.1 Å². The number of thioether (sulfide) groups is 1. The molecule has 0 spiro atoms. The number of nitrogens with one attached hydrogen (secondary N) is 1. The molecule has 0 aromatic heterocycles. The normalized spacial score (nSPS) is 12.8. The van der Waals surface area contributed by atoms with Crippen LogP contribution in [0.25, 0.3) is 0 Å². The molecule has 1 N–H and O–H groups in total. The number of anilines is 1. The van der Waals surface area contributed by atoms with Crippen LogP contribution in [0.15, 0.2) is 54.1 Å². The highest BCUT2D eigenvalue weighted by molar-refractivity contribution is 8.93. The Bertz CT molecular complexity index is 1070.